The van der Waals surface area contributed by atoms with Crippen LogP contribution in [0.3, 0.4) is 0 Å². The van der Waals surface area contributed by atoms with E-state index in [1.165, 1.54) is 12.1 Å². The van der Waals surface area contributed by atoms with Gasteiger partial charge in [-0.05, 0) is 17.7 Å². The summed E-state index contributed by atoms with van der Waals surface area (Å²) in [7, 11) is 0. The number of hydrogen-bond acceptors (Lipinski definition) is 3. The van der Waals surface area contributed by atoms with Crippen molar-refractivity contribution in [2.75, 3.05) is 0 Å². The molecule has 0 saturated carbocycles. The topological polar surface area (TPSA) is 83.5 Å². The second kappa shape index (κ2) is 4.11. The van der Waals surface area contributed by atoms with Crippen LogP contribution in [0.4, 0.5) is 0 Å². The summed E-state index contributed by atoms with van der Waals surface area (Å²) in [5.74, 6) is -1.24. The minimum Gasteiger partial charge on any atom is -0.508 e. The maximum Gasteiger partial charge on any atom is 0.321 e. The Morgan fingerprint density at radius 1 is 1.50 bits per heavy atom. The summed E-state index contributed by atoms with van der Waals surface area (Å²) in [4.78, 5) is 10.6. The molecule has 1 unspecified atom stereocenters. The lowest BCUT2D eigenvalue weighted by Crippen LogP contribution is -2.35. The molecular formula is C10H13NO3. The molecule has 2 atom stereocenters. The van der Waals surface area contributed by atoms with Gasteiger partial charge in [-0.1, -0.05) is 19.1 Å². The molecule has 0 heterocycles. The standard InChI is InChI=1S/C10H13NO3/c1-6(9(11)10(13)14)7-3-2-4-8(12)5-7/h2-6,9,12H,11H2,1H3,(H,13,14)/t6?,9-/m0/s1. The fourth-order valence-corrected chi connectivity index (χ4v) is 1.23. The molecule has 1 aromatic carbocycles. The van der Waals surface area contributed by atoms with Gasteiger partial charge in [0.05, 0.1) is 0 Å². The van der Waals surface area contributed by atoms with E-state index in [1.807, 2.05) is 0 Å². The molecule has 0 aliphatic rings. The van der Waals surface area contributed by atoms with Gasteiger partial charge < -0.3 is 15.9 Å². The van der Waals surface area contributed by atoms with E-state index in [2.05, 4.69) is 0 Å². The van der Waals surface area contributed by atoms with Crippen LogP contribution in [0.15, 0.2) is 24.3 Å². The Balaban J connectivity index is 2.89. The van der Waals surface area contributed by atoms with E-state index in [9.17, 15) is 9.90 Å². The Hall–Kier alpha value is -1.55. The Labute approximate surface area is 82.0 Å². The fraction of sp³-hybridized carbons (Fsp3) is 0.300. The van der Waals surface area contributed by atoms with Crippen molar-refractivity contribution in [3.05, 3.63) is 29.8 Å². The predicted molar refractivity (Wildman–Crippen MR) is 52.1 cm³/mol. The molecule has 0 spiro atoms. The van der Waals surface area contributed by atoms with Gasteiger partial charge in [-0.3, -0.25) is 4.79 Å². The van der Waals surface area contributed by atoms with Gasteiger partial charge >= 0.3 is 5.97 Å². The van der Waals surface area contributed by atoms with Crippen molar-refractivity contribution in [2.24, 2.45) is 5.73 Å². The molecule has 0 amide bonds. The average molecular weight is 195 g/mol. The highest BCUT2D eigenvalue weighted by atomic mass is 16.4. The maximum atomic E-state index is 10.6. The van der Waals surface area contributed by atoms with E-state index in [-0.39, 0.29) is 11.7 Å². The lowest BCUT2D eigenvalue weighted by molar-refractivity contribution is -0.139. The molecule has 4 heteroatoms. The number of hydrogen-bond donors (Lipinski definition) is 3. The van der Waals surface area contributed by atoms with Crippen LogP contribution < -0.4 is 5.73 Å². The van der Waals surface area contributed by atoms with Gasteiger partial charge in [0.25, 0.3) is 0 Å². The highest BCUT2D eigenvalue weighted by molar-refractivity contribution is 5.74. The lowest BCUT2D eigenvalue weighted by Gasteiger charge is -2.16. The SMILES string of the molecule is CC(c1cccc(O)c1)[C@H](N)C(=O)O. The van der Waals surface area contributed by atoms with Crippen LogP contribution in [0.25, 0.3) is 0 Å². The minimum absolute atomic E-state index is 0.118. The zero-order valence-electron chi connectivity index (χ0n) is 7.84. The molecule has 1 rings (SSSR count). The molecule has 0 aliphatic heterocycles. The van der Waals surface area contributed by atoms with Crippen molar-refractivity contribution >= 4 is 5.97 Å². The Bertz CT molecular complexity index is 338. The maximum absolute atomic E-state index is 10.6. The van der Waals surface area contributed by atoms with Crippen LogP contribution in [0.5, 0.6) is 5.75 Å². The number of carboxylic acid groups (broad SMARTS) is 1. The van der Waals surface area contributed by atoms with Crippen molar-refractivity contribution in [1.29, 1.82) is 0 Å². The number of aromatic hydroxyl groups is 1. The molecular weight excluding hydrogens is 182 g/mol. The van der Waals surface area contributed by atoms with Crippen LogP contribution in [0.1, 0.15) is 18.4 Å². The summed E-state index contributed by atoms with van der Waals surface area (Å²) in [5, 5.41) is 17.9. The van der Waals surface area contributed by atoms with E-state index >= 15 is 0 Å². The number of benzene rings is 1. The monoisotopic (exact) mass is 195 g/mol. The zero-order valence-corrected chi connectivity index (χ0v) is 7.84. The third-order valence-corrected chi connectivity index (χ3v) is 2.22. The molecule has 4 N–H and O–H groups in total. The molecule has 0 bridgehead atoms. The summed E-state index contributed by atoms with van der Waals surface area (Å²) in [6, 6.07) is 5.51. The van der Waals surface area contributed by atoms with Gasteiger partial charge in [-0.15, -0.1) is 0 Å². The number of carboxylic acids is 1. The predicted octanol–water partition coefficient (Wildman–Crippen LogP) is 0.908. The van der Waals surface area contributed by atoms with E-state index in [0.717, 1.165) is 5.56 Å². The van der Waals surface area contributed by atoms with Crippen molar-refractivity contribution in [3.63, 3.8) is 0 Å². The lowest BCUT2D eigenvalue weighted by atomic mass is 9.94. The quantitative estimate of drug-likeness (QED) is 0.669. The fourth-order valence-electron chi connectivity index (χ4n) is 1.23. The van der Waals surface area contributed by atoms with Crippen LogP contribution >= 0.6 is 0 Å². The largest absolute Gasteiger partial charge is 0.508 e. The molecule has 4 nitrogen and oxygen atoms in total. The molecule has 76 valence electrons. The van der Waals surface area contributed by atoms with Crippen LogP contribution in [-0.2, 0) is 4.79 Å². The van der Waals surface area contributed by atoms with Crippen LogP contribution in [-0.4, -0.2) is 22.2 Å². The Kier molecular flexibility index (Phi) is 3.09. The number of phenols is 1. The second-order valence-corrected chi connectivity index (χ2v) is 3.25. The van der Waals surface area contributed by atoms with Crippen LogP contribution in [0.2, 0.25) is 0 Å². The van der Waals surface area contributed by atoms with Crippen molar-refractivity contribution < 1.29 is 15.0 Å². The molecule has 0 fully saturated rings. The van der Waals surface area contributed by atoms with E-state index in [4.69, 9.17) is 10.8 Å². The molecule has 14 heavy (non-hydrogen) atoms. The number of phenolic OH excluding ortho intramolecular Hbond substituents is 1. The van der Waals surface area contributed by atoms with Crippen molar-refractivity contribution in [3.8, 4) is 5.75 Å². The molecule has 1 aromatic rings. The Morgan fingerprint density at radius 3 is 2.64 bits per heavy atom. The second-order valence-electron chi connectivity index (χ2n) is 3.25. The van der Waals surface area contributed by atoms with Gasteiger partial charge in [0.1, 0.15) is 11.8 Å². The number of nitrogens with two attached hydrogens (primary N) is 1. The van der Waals surface area contributed by atoms with Gasteiger partial charge in [0, 0.05) is 5.92 Å². The average Bonchev–Trinajstić information content (AvgIpc) is 2.15. The van der Waals surface area contributed by atoms with Gasteiger partial charge in [-0.25, -0.2) is 0 Å². The third kappa shape index (κ3) is 2.23. The summed E-state index contributed by atoms with van der Waals surface area (Å²) in [6.07, 6.45) is 0. The molecule has 0 aromatic heterocycles. The van der Waals surface area contributed by atoms with E-state index < -0.39 is 12.0 Å². The first kappa shape index (κ1) is 10.5. The number of rotatable bonds is 3. The van der Waals surface area contributed by atoms with E-state index in [0.29, 0.717) is 0 Å². The summed E-state index contributed by atoms with van der Waals surface area (Å²) in [6.45, 7) is 1.72. The van der Waals surface area contributed by atoms with Gasteiger partial charge in [-0.2, -0.15) is 0 Å². The first-order chi connectivity index (χ1) is 6.52. The first-order valence-electron chi connectivity index (χ1n) is 4.29. The highest BCUT2D eigenvalue weighted by Gasteiger charge is 2.21. The number of carbonyl (C=O) groups is 1. The molecule has 0 aliphatic carbocycles. The Morgan fingerprint density at radius 2 is 2.14 bits per heavy atom. The van der Waals surface area contributed by atoms with Crippen LogP contribution in [0, 0.1) is 0 Å². The normalized spacial score (nSPS) is 14.7. The van der Waals surface area contributed by atoms with E-state index in [1.54, 1.807) is 19.1 Å². The third-order valence-electron chi connectivity index (χ3n) is 2.22. The summed E-state index contributed by atoms with van der Waals surface area (Å²) >= 11 is 0. The van der Waals surface area contributed by atoms with Crippen molar-refractivity contribution in [2.45, 2.75) is 18.9 Å². The van der Waals surface area contributed by atoms with Gasteiger partial charge in [0.15, 0.2) is 0 Å². The summed E-state index contributed by atoms with van der Waals surface area (Å²) < 4.78 is 0. The zero-order chi connectivity index (χ0) is 10.7. The number of aliphatic carboxylic acids is 1. The minimum atomic E-state index is -1.04. The molecule has 0 radical (unpaired) electrons. The highest BCUT2D eigenvalue weighted by Crippen LogP contribution is 2.21. The first-order valence-corrected chi connectivity index (χ1v) is 4.29. The van der Waals surface area contributed by atoms with Gasteiger partial charge in [0.2, 0.25) is 0 Å². The van der Waals surface area contributed by atoms with Crippen molar-refractivity contribution in [1.82, 2.24) is 0 Å². The smallest absolute Gasteiger partial charge is 0.321 e. The molecule has 0 saturated heterocycles. The summed E-state index contributed by atoms with van der Waals surface area (Å²) in [5.41, 5.74) is 6.18.